The molecule has 0 N–H and O–H groups in total. The molecule has 0 saturated heterocycles. The Morgan fingerprint density at radius 1 is 0.378 bits per heavy atom. The molecule has 0 unspecified atom stereocenters. The Morgan fingerprint density at radius 2 is 0.730 bits per heavy atom. The zero-order valence-corrected chi connectivity index (χ0v) is 39.9. The van der Waals surface area contributed by atoms with Crippen molar-refractivity contribution >= 4 is 55.0 Å². The minimum Gasteiger partial charge on any atom is -0.308 e. The Kier molecular flexibility index (Phi) is 10.7. The second kappa shape index (κ2) is 17.8. The molecule has 0 aliphatic heterocycles. The molecule has 9 nitrogen and oxygen atoms in total. The van der Waals surface area contributed by atoms with Crippen LogP contribution < -0.4 is 0 Å². The lowest BCUT2D eigenvalue weighted by molar-refractivity contribution is 1.05. The summed E-state index contributed by atoms with van der Waals surface area (Å²) in [7, 11) is 0. The average molecular weight is 944 g/mol. The van der Waals surface area contributed by atoms with Crippen molar-refractivity contribution in [2.24, 2.45) is 0 Å². The summed E-state index contributed by atoms with van der Waals surface area (Å²) in [5.41, 5.74) is 16.4. The van der Waals surface area contributed by atoms with Crippen molar-refractivity contribution in [3.63, 3.8) is 0 Å². The van der Waals surface area contributed by atoms with Crippen molar-refractivity contribution in [1.29, 1.82) is 15.8 Å². The van der Waals surface area contributed by atoms with Gasteiger partial charge >= 0.3 is 0 Å². The zero-order valence-electron chi connectivity index (χ0n) is 39.9. The number of aryl methyl sites for hydroxylation is 2. The van der Waals surface area contributed by atoms with E-state index in [1.165, 1.54) is 0 Å². The van der Waals surface area contributed by atoms with Gasteiger partial charge in [-0.15, -0.1) is 0 Å². The molecule has 74 heavy (non-hydrogen) atoms. The van der Waals surface area contributed by atoms with Crippen LogP contribution in [0.15, 0.2) is 188 Å². The van der Waals surface area contributed by atoms with Gasteiger partial charge in [-0.25, -0.2) is 19.7 Å². The molecule has 3 heterocycles. The van der Waals surface area contributed by atoms with E-state index in [-0.39, 0.29) is 0 Å². The van der Waals surface area contributed by atoms with E-state index < -0.39 is 0 Å². The van der Waals surface area contributed by atoms with Crippen molar-refractivity contribution in [3.05, 3.63) is 239 Å². The van der Waals surface area contributed by atoms with Gasteiger partial charge in [0.1, 0.15) is 11.6 Å². The van der Waals surface area contributed by atoms with Crippen LogP contribution in [0.1, 0.15) is 28.1 Å². The number of nitriles is 3. The van der Waals surface area contributed by atoms with Crippen LogP contribution in [-0.2, 0) is 0 Å². The summed E-state index contributed by atoms with van der Waals surface area (Å²) in [4.78, 5) is 17.5. The molecule has 0 spiro atoms. The van der Waals surface area contributed by atoms with E-state index in [2.05, 4.69) is 110 Å². The summed E-state index contributed by atoms with van der Waals surface area (Å²) in [6.45, 7) is 19.5. The van der Waals surface area contributed by atoms with Crippen LogP contribution in [0, 0.1) is 61.0 Å². The molecule has 0 amide bonds. The third-order valence-corrected chi connectivity index (χ3v) is 13.7. The molecule has 12 rings (SSSR count). The van der Waals surface area contributed by atoms with Crippen LogP contribution in [0.2, 0.25) is 0 Å². The number of fused-ring (bicyclic) bond motifs is 6. The molecule has 9 heteroatoms. The molecule has 0 atom stereocenters. The van der Waals surface area contributed by atoms with Gasteiger partial charge in [0.25, 0.3) is 0 Å². The van der Waals surface area contributed by atoms with E-state index in [0.717, 1.165) is 99.5 Å². The van der Waals surface area contributed by atoms with Gasteiger partial charge in [-0.05, 0) is 137 Å². The molecule has 0 saturated carbocycles. The molecule has 0 radical (unpaired) electrons. The molecular weight excluding hydrogens is 907 g/mol. The number of nitrogens with zero attached hydrogens (tertiary/aromatic N) is 9. The summed E-state index contributed by atoms with van der Waals surface area (Å²) in [6, 6.07) is 68.7. The molecule has 12 aromatic rings. The molecule has 0 bridgehead atoms. The Balaban J connectivity index is 1.24. The maximum atomic E-state index is 12.0. The first kappa shape index (κ1) is 44.3. The quantitative estimate of drug-likeness (QED) is 0.148. The Hall–Kier alpha value is -10.9. The minimum atomic E-state index is 0.380. The van der Waals surface area contributed by atoms with Crippen molar-refractivity contribution in [2.75, 3.05) is 0 Å². The van der Waals surface area contributed by atoms with Gasteiger partial charge in [0, 0.05) is 38.5 Å². The first-order valence-corrected chi connectivity index (χ1v) is 23.8. The van der Waals surface area contributed by atoms with Gasteiger partial charge in [-0.3, -0.25) is 0 Å². The lowest BCUT2D eigenvalue weighted by Crippen LogP contribution is -2.06. The van der Waals surface area contributed by atoms with Gasteiger partial charge in [0.05, 0.1) is 69.9 Å². The molecule has 3 aromatic heterocycles. The van der Waals surface area contributed by atoms with Crippen LogP contribution in [0.25, 0.3) is 121 Å². The lowest BCUT2D eigenvalue weighted by atomic mass is 10.0. The summed E-state index contributed by atoms with van der Waals surface area (Å²) in [6.07, 6.45) is 0. The van der Waals surface area contributed by atoms with Gasteiger partial charge in [-0.2, -0.15) is 15.8 Å². The lowest BCUT2D eigenvalue weighted by Gasteiger charge is -2.19. The first-order valence-electron chi connectivity index (χ1n) is 23.8. The molecule has 9 aromatic carbocycles. The summed E-state index contributed by atoms with van der Waals surface area (Å²) < 4.78 is 4.32. The minimum absolute atomic E-state index is 0.380. The van der Waals surface area contributed by atoms with Gasteiger partial charge < -0.3 is 9.13 Å². The monoisotopic (exact) mass is 943 g/mol. The highest BCUT2D eigenvalue weighted by Crippen LogP contribution is 2.43. The van der Waals surface area contributed by atoms with E-state index in [0.29, 0.717) is 50.8 Å². The van der Waals surface area contributed by atoms with Gasteiger partial charge in [0.2, 0.25) is 0 Å². The summed E-state index contributed by atoms with van der Waals surface area (Å²) >= 11 is 0. The molecule has 0 aliphatic rings. The fourth-order valence-electron chi connectivity index (χ4n) is 10.4. The van der Waals surface area contributed by atoms with E-state index in [4.69, 9.17) is 23.1 Å². The molecule has 0 fully saturated rings. The Labute approximate surface area is 426 Å². The fourth-order valence-corrected chi connectivity index (χ4v) is 10.4. The summed E-state index contributed by atoms with van der Waals surface area (Å²) in [5, 5.41) is 35.6. The van der Waals surface area contributed by atoms with Crippen LogP contribution in [0.4, 0.5) is 11.4 Å². The van der Waals surface area contributed by atoms with Crippen LogP contribution in [0.5, 0.6) is 0 Å². The zero-order chi connectivity index (χ0) is 50.6. The molecule has 342 valence electrons. The second-order valence-corrected chi connectivity index (χ2v) is 18.3. The van der Waals surface area contributed by atoms with Crippen molar-refractivity contribution < 1.29 is 0 Å². The normalized spacial score (nSPS) is 11.0. The van der Waals surface area contributed by atoms with E-state index in [9.17, 15) is 15.8 Å². The standard InChI is InChI=1S/C65H37N9/c1-39-25-40(2)72-65(71-39)51-34-63(73-59-30-47(43-11-5-9-41(26-43)36-66)17-21-54(59)55-22-18-48(31-60(55)73)44-12-6-10-42(27-44)37-67)58(38-68)64(35-51)74-61-32-49(45-13-7-15-52(28-45)69-3)19-23-56(61)57-24-20-50(33-62(57)74)46-14-8-16-53(29-46)70-4/h5-35H,1-2H3. The Bertz CT molecular complexity index is 4080. The van der Waals surface area contributed by atoms with Gasteiger partial charge in [-0.1, -0.05) is 109 Å². The molecular formula is C65H37N9. The highest BCUT2D eigenvalue weighted by Gasteiger charge is 2.25. The largest absolute Gasteiger partial charge is 0.308 e. The maximum Gasteiger partial charge on any atom is 0.187 e. The number of hydrogen-bond donors (Lipinski definition) is 0. The van der Waals surface area contributed by atoms with Crippen molar-refractivity contribution in [1.82, 2.24) is 19.1 Å². The number of rotatable bonds is 7. The maximum absolute atomic E-state index is 12.0. The number of benzene rings is 9. The highest BCUT2D eigenvalue weighted by atomic mass is 15.0. The second-order valence-electron chi connectivity index (χ2n) is 18.3. The van der Waals surface area contributed by atoms with Crippen molar-refractivity contribution in [2.45, 2.75) is 13.8 Å². The predicted molar refractivity (Wildman–Crippen MR) is 294 cm³/mol. The molecule has 0 aliphatic carbocycles. The average Bonchev–Trinajstić information content (AvgIpc) is 3.95. The predicted octanol–water partition coefficient (Wildman–Crippen LogP) is 16.3. The van der Waals surface area contributed by atoms with Crippen LogP contribution in [-0.4, -0.2) is 19.1 Å². The smallest absolute Gasteiger partial charge is 0.187 e. The Morgan fingerprint density at radius 3 is 1.08 bits per heavy atom. The first-order chi connectivity index (χ1) is 36.2. The third kappa shape index (κ3) is 7.54. The SMILES string of the molecule is [C-]#[N+]c1cccc(-c2ccc3c4ccc(-c5cccc([N+]#[C-])c5)cc4n(-c4cc(-c5nc(C)cc(C)n5)cc(-n5c6cc(-c7cccc(C#N)c7)ccc6c6ccc(-c7cccc(C#N)c7)cc65)c4C#N)c3c2)c1. The van der Waals surface area contributed by atoms with Crippen LogP contribution in [0.3, 0.4) is 0 Å². The third-order valence-electron chi connectivity index (χ3n) is 13.7. The number of aromatic nitrogens is 4. The van der Waals surface area contributed by atoms with Crippen molar-refractivity contribution in [3.8, 4) is 85.5 Å². The van der Waals surface area contributed by atoms with Crippen LogP contribution >= 0.6 is 0 Å². The number of hydrogen-bond acceptors (Lipinski definition) is 5. The highest BCUT2D eigenvalue weighted by molar-refractivity contribution is 6.13. The van der Waals surface area contributed by atoms with Gasteiger partial charge in [0.15, 0.2) is 17.2 Å². The van der Waals surface area contributed by atoms with E-state index >= 15 is 0 Å². The van der Waals surface area contributed by atoms with E-state index in [1.807, 2.05) is 105 Å². The summed E-state index contributed by atoms with van der Waals surface area (Å²) in [5.74, 6) is 0.493. The fraction of sp³-hybridized carbons (Fsp3) is 0.0308. The topological polar surface area (TPSA) is 116 Å². The van der Waals surface area contributed by atoms with E-state index in [1.54, 1.807) is 24.3 Å².